The van der Waals surface area contributed by atoms with Crippen LogP contribution in [0.25, 0.3) is 0 Å². The average molecular weight is 276 g/mol. The summed E-state index contributed by atoms with van der Waals surface area (Å²) in [5.74, 6) is 1.11. The van der Waals surface area contributed by atoms with E-state index in [1.54, 1.807) is 0 Å². The summed E-state index contributed by atoms with van der Waals surface area (Å²) in [5, 5.41) is 8.92. The first kappa shape index (κ1) is 12.5. The molecule has 0 saturated carbocycles. The molecular formula is C15H18ClN3. The molecule has 3 nitrogen and oxygen atoms in total. The number of benzene rings is 1. The molecule has 0 atom stereocenters. The number of rotatable bonds is 2. The van der Waals surface area contributed by atoms with Gasteiger partial charge in [0, 0.05) is 29.6 Å². The summed E-state index contributed by atoms with van der Waals surface area (Å²) in [5.41, 5.74) is 1.99. The van der Waals surface area contributed by atoms with Crippen molar-refractivity contribution in [2.75, 3.05) is 11.9 Å². The van der Waals surface area contributed by atoms with Crippen molar-refractivity contribution in [3.05, 3.63) is 46.6 Å². The van der Waals surface area contributed by atoms with E-state index in [9.17, 15) is 0 Å². The molecule has 1 aliphatic heterocycles. The van der Waals surface area contributed by atoms with Crippen LogP contribution in [0, 0.1) is 0 Å². The Bertz CT molecular complexity index is 578. The molecule has 100 valence electrons. The monoisotopic (exact) mass is 275 g/mol. The standard InChI is InChI=1S/C15H18ClN3/c1-15(2,11-6-3-4-7-12(11)16)13-10-14-17-8-5-9-19(14)18-13/h3-4,6-7,10,17H,5,8-9H2,1-2H3. The van der Waals surface area contributed by atoms with Crippen molar-refractivity contribution < 1.29 is 0 Å². The Labute approximate surface area is 118 Å². The minimum atomic E-state index is -0.190. The minimum absolute atomic E-state index is 0.190. The number of fused-ring (bicyclic) bond motifs is 1. The largest absolute Gasteiger partial charge is 0.370 e. The highest BCUT2D eigenvalue weighted by Crippen LogP contribution is 2.36. The van der Waals surface area contributed by atoms with Crippen LogP contribution in [0.4, 0.5) is 5.82 Å². The quantitative estimate of drug-likeness (QED) is 0.906. The molecule has 0 saturated heterocycles. The molecule has 19 heavy (non-hydrogen) atoms. The molecule has 0 spiro atoms. The number of halogens is 1. The SMILES string of the molecule is CC(C)(c1cc2n(n1)CCCN2)c1ccccc1Cl. The van der Waals surface area contributed by atoms with E-state index in [1.165, 1.54) is 0 Å². The number of aromatic nitrogens is 2. The van der Waals surface area contributed by atoms with Gasteiger partial charge in [0.15, 0.2) is 0 Å². The van der Waals surface area contributed by atoms with E-state index in [4.69, 9.17) is 16.7 Å². The fourth-order valence-electron chi connectivity index (χ4n) is 2.59. The highest BCUT2D eigenvalue weighted by Gasteiger charge is 2.29. The van der Waals surface area contributed by atoms with Crippen molar-refractivity contribution in [2.24, 2.45) is 0 Å². The maximum absolute atomic E-state index is 6.34. The van der Waals surface area contributed by atoms with Crippen LogP contribution in [0.3, 0.4) is 0 Å². The van der Waals surface area contributed by atoms with Crippen molar-refractivity contribution in [1.29, 1.82) is 0 Å². The topological polar surface area (TPSA) is 29.9 Å². The van der Waals surface area contributed by atoms with Crippen LogP contribution >= 0.6 is 11.6 Å². The molecule has 1 N–H and O–H groups in total. The van der Waals surface area contributed by atoms with E-state index in [0.717, 1.165) is 41.6 Å². The van der Waals surface area contributed by atoms with Gasteiger partial charge in [0.05, 0.1) is 5.69 Å². The fraction of sp³-hybridized carbons (Fsp3) is 0.400. The van der Waals surface area contributed by atoms with Crippen molar-refractivity contribution in [1.82, 2.24) is 9.78 Å². The Kier molecular flexibility index (Phi) is 3.02. The first-order valence-electron chi connectivity index (χ1n) is 6.66. The molecule has 2 heterocycles. The minimum Gasteiger partial charge on any atom is -0.370 e. The van der Waals surface area contributed by atoms with E-state index in [-0.39, 0.29) is 5.41 Å². The van der Waals surface area contributed by atoms with Crippen LogP contribution < -0.4 is 5.32 Å². The predicted octanol–water partition coefficient (Wildman–Crippen LogP) is 3.68. The van der Waals surface area contributed by atoms with Gasteiger partial charge in [-0.15, -0.1) is 0 Å². The second-order valence-corrected chi connectivity index (χ2v) is 5.93. The van der Waals surface area contributed by atoms with Crippen LogP contribution in [0.1, 0.15) is 31.5 Å². The van der Waals surface area contributed by atoms with Crippen LogP contribution in [0.2, 0.25) is 5.02 Å². The van der Waals surface area contributed by atoms with Crippen molar-refractivity contribution >= 4 is 17.4 Å². The number of hydrogen-bond donors (Lipinski definition) is 1. The third kappa shape index (κ3) is 2.12. The van der Waals surface area contributed by atoms with Gasteiger partial charge in [0.25, 0.3) is 0 Å². The Morgan fingerprint density at radius 3 is 2.84 bits per heavy atom. The van der Waals surface area contributed by atoms with Gasteiger partial charge in [0.1, 0.15) is 5.82 Å². The lowest BCUT2D eigenvalue weighted by Crippen LogP contribution is -2.21. The lowest BCUT2D eigenvalue weighted by molar-refractivity contribution is 0.535. The van der Waals surface area contributed by atoms with Gasteiger partial charge < -0.3 is 5.32 Å². The summed E-state index contributed by atoms with van der Waals surface area (Å²) in [6.45, 7) is 6.35. The fourth-order valence-corrected chi connectivity index (χ4v) is 2.96. The molecule has 0 amide bonds. The lowest BCUT2D eigenvalue weighted by atomic mass is 9.81. The molecule has 1 aromatic heterocycles. The van der Waals surface area contributed by atoms with E-state index in [2.05, 4.69) is 36.0 Å². The highest BCUT2D eigenvalue weighted by atomic mass is 35.5. The van der Waals surface area contributed by atoms with Crippen molar-refractivity contribution in [2.45, 2.75) is 32.2 Å². The second kappa shape index (κ2) is 4.57. The molecule has 0 unspecified atom stereocenters. The summed E-state index contributed by atoms with van der Waals surface area (Å²) in [6.07, 6.45) is 1.13. The maximum atomic E-state index is 6.34. The normalized spacial score (nSPS) is 14.9. The lowest BCUT2D eigenvalue weighted by Gasteiger charge is -2.24. The predicted molar refractivity (Wildman–Crippen MR) is 78.9 cm³/mol. The molecular weight excluding hydrogens is 258 g/mol. The molecule has 1 aliphatic rings. The summed E-state index contributed by atoms with van der Waals surface area (Å²) in [4.78, 5) is 0. The number of hydrogen-bond acceptors (Lipinski definition) is 2. The van der Waals surface area contributed by atoms with E-state index in [1.807, 2.05) is 18.2 Å². The highest BCUT2D eigenvalue weighted by molar-refractivity contribution is 6.31. The van der Waals surface area contributed by atoms with Gasteiger partial charge in [-0.1, -0.05) is 43.6 Å². The smallest absolute Gasteiger partial charge is 0.124 e. The van der Waals surface area contributed by atoms with Gasteiger partial charge >= 0.3 is 0 Å². The van der Waals surface area contributed by atoms with Crippen molar-refractivity contribution in [3.63, 3.8) is 0 Å². The third-order valence-electron chi connectivity index (χ3n) is 3.82. The first-order valence-corrected chi connectivity index (χ1v) is 7.04. The summed E-state index contributed by atoms with van der Waals surface area (Å²) in [7, 11) is 0. The van der Waals surface area contributed by atoms with Crippen LogP contribution in [0.15, 0.2) is 30.3 Å². The zero-order valence-corrected chi connectivity index (χ0v) is 12.0. The number of aryl methyl sites for hydroxylation is 1. The molecule has 0 radical (unpaired) electrons. The average Bonchev–Trinajstić information content (AvgIpc) is 2.83. The summed E-state index contributed by atoms with van der Waals surface area (Å²) >= 11 is 6.34. The Hall–Kier alpha value is -1.48. The number of anilines is 1. The molecule has 0 aliphatic carbocycles. The molecule has 2 aromatic rings. The summed E-state index contributed by atoms with van der Waals surface area (Å²) in [6, 6.07) is 10.1. The molecule has 0 bridgehead atoms. The van der Waals surface area contributed by atoms with Crippen LogP contribution in [0.5, 0.6) is 0 Å². The Morgan fingerprint density at radius 2 is 2.11 bits per heavy atom. The number of nitrogens with one attached hydrogen (secondary N) is 1. The second-order valence-electron chi connectivity index (χ2n) is 5.52. The first-order chi connectivity index (χ1) is 9.09. The van der Waals surface area contributed by atoms with E-state index >= 15 is 0 Å². The third-order valence-corrected chi connectivity index (χ3v) is 4.15. The van der Waals surface area contributed by atoms with Crippen LogP contribution in [-0.2, 0) is 12.0 Å². The Balaban J connectivity index is 2.05. The van der Waals surface area contributed by atoms with E-state index < -0.39 is 0 Å². The number of nitrogens with zero attached hydrogens (tertiary/aromatic N) is 2. The molecule has 4 heteroatoms. The Morgan fingerprint density at radius 1 is 1.32 bits per heavy atom. The van der Waals surface area contributed by atoms with Gasteiger partial charge in [-0.05, 0) is 18.1 Å². The maximum Gasteiger partial charge on any atom is 0.124 e. The van der Waals surface area contributed by atoms with Gasteiger partial charge in [-0.3, -0.25) is 0 Å². The van der Waals surface area contributed by atoms with Gasteiger partial charge in [-0.25, -0.2) is 4.68 Å². The zero-order valence-electron chi connectivity index (χ0n) is 11.3. The van der Waals surface area contributed by atoms with Crippen LogP contribution in [-0.4, -0.2) is 16.3 Å². The van der Waals surface area contributed by atoms with Gasteiger partial charge in [-0.2, -0.15) is 5.10 Å². The molecule has 1 aromatic carbocycles. The molecule has 3 rings (SSSR count). The molecule has 0 fully saturated rings. The zero-order chi connectivity index (χ0) is 13.5. The van der Waals surface area contributed by atoms with E-state index in [0.29, 0.717) is 0 Å². The summed E-state index contributed by atoms with van der Waals surface area (Å²) < 4.78 is 2.05. The van der Waals surface area contributed by atoms with Gasteiger partial charge in [0.2, 0.25) is 0 Å². The van der Waals surface area contributed by atoms with Crippen molar-refractivity contribution in [3.8, 4) is 0 Å².